The molecule has 0 bridgehead atoms. The predicted octanol–water partition coefficient (Wildman–Crippen LogP) is 2.57. The molecule has 0 aliphatic heterocycles. The van der Waals surface area contributed by atoms with Crippen LogP contribution in [0.2, 0.25) is 0 Å². The Bertz CT molecular complexity index is 353. The van der Waals surface area contributed by atoms with E-state index in [2.05, 4.69) is 30.8 Å². The molecular formula is C13H26N4. The largest absolute Gasteiger partial charge is 0.394 e. The van der Waals surface area contributed by atoms with Gasteiger partial charge in [-0.05, 0) is 19.8 Å². The third-order valence-electron chi connectivity index (χ3n) is 3.55. The Kier molecular flexibility index (Phi) is 4.85. The molecule has 0 amide bonds. The van der Waals surface area contributed by atoms with Crippen LogP contribution < -0.4 is 10.6 Å². The number of aromatic nitrogens is 2. The number of nitrogens with two attached hydrogens (primary N) is 1. The van der Waals surface area contributed by atoms with Gasteiger partial charge >= 0.3 is 0 Å². The smallest absolute Gasteiger partial charge is 0.150 e. The second kappa shape index (κ2) is 5.94. The maximum Gasteiger partial charge on any atom is 0.150 e. The Morgan fingerprint density at radius 3 is 2.24 bits per heavy atom. The zero-order valence-corrected chi connectivity index (χ0v) is 11.8. The number of nitrogen functional groups attached to an aromatic ring is 1. The van der Waals surface area contributed by atoms with Gasteiger partial charge in [0.2, 0.25) is 0 Å². The van der Waals surface area contributed by atoms with Crippen LogP contribution in [-0.2, 0) is 7.05 Å². The molecule has 17 heavy (non-hydrogen) atoms. The van der Waals surface area contributed by atoms with Crippen molar-refractivity contribution in [3.05, 3.63) is 5.69 Å². The minimum absolute atomic E-state index is 0.726. The van der Waals surface area contributed by atoms with Gasteiger partial charge in [-0.25, -0.2) is 0 Å². The number of hydrogen-bond donors (Lipinski definition) is 1. The molecule has 0 aromatic carbocycles. The molecule has 1 aromatic heterocycles. The lowest BCUT2D eigenvalue weighted by Gasteiger charge is -2.27. The number of rotatable bonds is 6. The molecule has 2 N–H and O–H groups in total. The number of anilines is 2. The van der Waals surface area contributed by atoms with E-state index in [-0.39, 0.29) is 0 Å². The van der Waals surface area contributed by atoms with Crippen LogP contribution in [0, 0.1) is 12.8 Å². The van der Waals surface area contributed by atoms with E-state index in [4.69, 9.17) is 5.73 Å². The van der Waals surface area contributed by atoms with Crippen LogP contribution in [0.1, 0.15) is 39.3 Å². The summed E-state index contributed by atoms with van der Waals surface area (Å²) in [5, 5.41) is 4.39. The van der Waals surface area contributed by atoms with E-state index in [1.165, 1.54) is 12.8 Å². The van der Waals surface area contributed by atoms with E-state index in [0.29, 0.717) is 0 Å². The fourth-order valence-electron chi connectivity index (χ4n) is 2.26. The summed E-state index contributed by atoms with van der Waals surface area (Å²) in [5.41, 5.74) is 7.86. The van der Waals surface area contributed by atoms with Crippen LogP contribution in [0.3, 0.4) is 0 Å². The first-order valence-corrected chi connectivity index (χ1v) is 6.59. The number of hydrogen-bond acceptors (Lipinski definition) is 3. The van der Waals surface area contributed by atoms with E-state index in [0.717, 1.165) is 36.2 Å². The summed E-state index contributed by atoms with van der Waals surface area (Å²) in [5.74, 6) is 1.79. The Labute approximate surface area is 105 Å². The molecule has 4 heteroatoms. The normalized spacial score (nSPS) is 11.2. The molecule has 0 saturated heterocycles. The second-order valence-electron chi connectivity index (χ2n) is 4.67. The molecular weight excluding hydrogens is 212 g/mol. The summed E-state index contributed by atoms with van der Waals surface area (Å²) in [4.78, 5) is 2.34. The lowest BCUT2D eigenvalue weighted by Crippen LogP contribution is -2.31. The Morgan fingerprint density at radius 1 is 1.29 bits per heavy atom. The first kappa shape index (κ1) is 13.9. The summed E-state index contributed by atoms with van der Waals surface area (Å²) in [6.07, 6.45) is 2.42. The molecule has 0 saturated carbocycles. The molecule has 0 atom stereocenters. The van der Waals surface area contributed by atoms with Gasteiger partial charge in [-0.2, -0.15) is 5.10 Å². The van der Waals surface area contributed by atoms with Gasteiger partial charge in [0.1, 0.15) is 5.82 Å². The van der Waals surface area contributed by atoms with Crippen molar-refractivity contribution in [1.82, 2.24) is 9.78 Å². The Balaban J connectivity index is 2.93. The minimum Gasteiger partial charge on any atom is -0.394 e. The molecule has 4 nitrogen and oxygen atoms in total. The first-order valence-electron chi connectivity index (χ1n) is 6.59. The molecule has 1 rings (SSSR count). The highest BCUT2D eigenvalue weighted by Crippen LogP contribution is 2.26. The third kappa shape index (κ3) is 2.93. The molecule has 0 aliphatic rings. The van der Waals surface area contributed by atoms with Crippen molar-refractivity contribution in [3.8, 4) is 0 Å². The van der Waals surface area contributed by atoms with Crippen molar-refractivity contribution < 1.29 is 0 Å². The van der Waals surface area contributed by atoms with E-state index in [9.17, 15) is 0 Å². The van der Waals surface area contributed by atoms with E-state index < -0.39 is 0 Å². The second-order valence-corrected chi connectivity index (χ2v) is 4.67. The summed E-state index contributed by atoms with van der Waals surface area (Å²) >= 11 is 0. The maximum absolute atomic E-state index is 6.11. The Morgan fingerprint density at radius 2 is 1.88 bits per heavy atom. The monoisotopic (exact) mass is 238 g/mol. The zero-order chi connectivity index (χ0) is 13.0. The van der Waals surface area contributed by atoms with Gasteiger partial charge in [-0.1, -0.05) is 26.7 Å². The average molecular weight is 238 g/mol. The van der Waals surface area contributed by atoms with Crippen LogP contribution in [0.15, 0.2) is 0 Å². The van der Waals surface area contributed by atoms with Crippen molar-refractivity contribution in [2.45, 2.75) is 40.5 Å². The van der Waals surface area contributed by atoms with Crippen LogP contribution in [0.25, 0.3) is 0 Å². The topological polar surface area (TPSA) is 47.1 Å². The zero-order valence-electron chi connectivity index (χ0n) is 11.8. The molecule has 0 fully saturated rings. The fourth-order valence-corrected chi connectivity index (χ4v) is 2.26. The van der Waals surface area contributed by atoms with Gasteiger partial charge in [-0.15, -0.1) is 0 Å². The summed E-state index contributed by atoms with van der Waals surface area (Å²) in [6.45, 7) is 10.7. The van der Waals surface area contributed by atoms with E-state index >= 15 is 0 Å². The number of aryl methyl sites for hydroxylation is 2. The highest BCUT2D eigenvalue weighted by molar-refractivity contribution is 5.66. The SMILES string of the molecule is CCC(CC)CN(CC)c1c(N)c(C)nn1C. The highest BCUT2D eigenvalue weighted by Gasteiger charge is 2.18. The predicted molar refractivity (Wildman–Crippen MR) is 74.3 cm³/mol. The summed E-state index contributed by atoms with van der Waals surface area (Å²) < 4.78 is 1.90. The molecule has 1 aromatic rings. The lowest BCUT2D eigenvalue weighted by atomic mass is 10.0. The van der Waals surface area contributed by atoms with Crippen LogP contribution in [0.5, 0.6) is 0 Å². The van der Waals surface area contributed by atoms with Gasteiger partial charge in [-0.3, -0.25) is 4.68 Å². The molecule has 0 spiro atoms. The van der Waals surface area contributed by atoms with E-state index in [1.54, 1.807) is 0 Å². The van der Waals surface area contributed by atoms with Crippen molar-refractivity contribution in [2.24, 2.45) is 13.0 Å². The molecule has 98 valence electrons. The van der Waals surface area contributed by atoms with Crippen molar-refractivity contribution in [2.75, 3.05) is 23.7 Å². The van der Waals surface area contributed by atoms with Gasteiger partial charge in [0, 0.05) is 20.1 Å². The molecule has 0 unspecified atom stereocenters. The third-order valence-corrected chi connectivity index (χ3v) is 3.55. The quantitative estimate of drug-likeness (QED) is 0.828. The maximum atomic E-state index is 6.11. The van der Waals surface area contributed by atoms with Crippen molar-refractivity contribution in [1.29, 1.82) is 0 Å². The standard InChI is InChI=1S/C13H26N4/c1-6-11(7-2)9-17(8-3)13-12(14)10(4)15-16(13)5/h11H,6-9,14H2,1-5H3. The molecule has 0 radical (unpaired) electrons. The van der Waals surface area contributed by atoms with Crippen molar-refractivity contribution >= 4 is 11.5 Å². The van der Waals surface area contributed by atoms with Crippen LogP contribution in [-0.4, -0.2) is 22.9 Å². The van der Waals surface area contributed by atoms with Gasteiger partial charge in [0.25, 0.3) is 0 Å². The minimum atomic E-state index is 0.726. The summed E-state index contributed by atoms with van der Waals surface area (Å²) in [7, 11) is 1.97. The van der Waals surface area contributed by atoms with Gasteiger partial charge in [0.15, 0.2) is 0 Å². The molecule has 1 heterocycles. The molecule has 0 aliphatic carbocycles. The van der Waals surface area contributed by atoms with Crippen molar-refractivity contribution in [3.63, 3.8) is 0 Å². The summed E-state index contributed by atoms with van der Waals surface area (Å²) in [6, 6.07) is 0. The van der Waals surface area contributed by atoms with Gasteiger partial charge in [0.05, 0.1) is 11.4 Å². The Hall–Kier alpha value is -1.19. The van der Waals surface area contributed by atoms with Crippen LogP contribution >= 0.6 is 0 Å². The van der Waals surface area contributed by atoms with Gasteiger partial charge < -0.3 is 10.6 Å². The van der Waals surface area contributed by atoms with Crippen LogP contribution in [0.4, 0.5) is 11.5 Å². The van der Waals surface area contributed by atoms with E-state index in [1.807, 2.05) is 18.7 Å². The number of nitrogens with zero attached hydrogens (tertiary/aromatic N) is 3. The first-order chi connectivity index (χ1) is 8.04. The lowest BCUT2D eigenvalue weighted by molar-refractivity contribution is 0.481. The highest BCUT2D eigenvalue weighted by atomic mass is 15.4. The fraction of sp³-hybridized carbons (Fsp3) is 0.769. The average Bonchev–Trinajstić information content (AvgIpc) is 2.56.